The van der Waals surface area contributed by atoms with Crippen molar-refractivity contribution in [3.63, 3.8) is 0 Å². The van der Waals surface area contributed by atoms with Crippen molar-refractivity contribution < 1.29 is 13.5 Å². The first-order chi connectivity index (χ1) is 9.20. The topological polar surface area (TPSA) is 33.3 Å². The smallest absolute Gasteiger partial charge is 0.387 e. The van der Waals surface area contributed by atoms with Gasteiger partial charge in [0.1, 0.15) is 5.75 Å². The van der Waals surface area contributed by atoms with Crippen molar-refractivity contribution in [2.75, 3.05) is 5.32 Å². The molecule has 1 rings (SSSR count). The van der Waals surface area contributed by atoms with Crippen molar-refractivity contribution in [1.29, 1.82) is 0 Å². The van der Waals surface area contributed by atoms with Gasteiger partial charge in [-0.1, -0.05) is 32.9 Å². The molecule has 0 saturated heterocycles. The number of hydrogen-bond donors (Lipinski definition) is 2. The Balaban J connectivity index is 2.71. The second kappa shape index (κ2) is 6.83. The Labute approximate surface area is 123 Å². The van der Waals surface area contributed by atoms with Crippen LogP contribution < -0.4 is 15.4 Å². The SMILES string of the molecule is C[C@@H](NC(=S)Nc1ccccc1OC(F)F)C(C)(C)C. The number of para-hydroxylation sites is 2. The number of ether oxygens (including phenoxy) is 1. The minimum Gasteiger partial charge on any atom is -0.433 e. The molecule has 2 N–H and O–H groups in total. The van der Waals surface area contributed by atoms with Gasteiger partial charge in [-0.25, -0.2) is 0 Å². The van der Waals surface area contributed by atoms with Crippen LogP contribution in [0.3, 0.4) is 0 Å². The summed E-state index contributed by atoms with van der Waals surface area (Å²) in [6.07, 6.45) is 0. The van der Waals surface area contributed by atoms with Crippen LogP contribution >= 0.6 is 12.2 Å². The highest BCUT2D eigenvalue weighted by molar-refractivity contribution is 7.80. The zero-order valence-electron chi connectivity index (χ0n) is 12.0. The van der Waals surface area contributed by atoms with Crippen LogP contribution in [0.2, 0.25) is 0 Å². The van der Waals surface area contributed by atoms with E-state index in [9.17, 15) is 8.78 Å². The van der Waals surface area contributed by atoms with Gasteiger partial charge in [-0.3, -0.25) is 0 Å². The predicted octanol–water partition coefficient (Wildman–Crippen LogP) is 4.01. The van der Waals surface area contributed by atoms with Crippen molar-refractivity contribution >= 4 is 23.0 Å². The molecule has 112 valence electrons. The molecule has 3 nitrogen and oxygen atoms in total. The second-order valence-electron chi connectivity index (χ2n) is 5.56. The summed E-state index contributed by atoms with van der Waals surface area (Å²) in [6, 6.07) is 6.57. The molecule has 0 unspecified atom stereocenters. The van der Waals surface area contributed by atoms with Crippen LogP contribution in [0.25, 0.3) is 0 Å². The lowest BCUT2D eigenvalue weighted by atomic mass is 9.88. The summed E-state index contributed by atoms with van der Waals surface area (Å²) in [5.41, 5.74) is 0.441. The molecular weight excluding hydrogens is 282 g/mol. The number of alkyl halides is 2. The zero-order valence-corrected chi connectivity index (χ0v) is 12.9. The third-order valence-electron chi connectivity index (χ3n) is 3.00. The van der Waals surface area contributed by atoms with E-state index in [1.807, 2.05) is 6.92 Å². The molecule has 0 saturated carbocycles. The maximum atomic E-state index is 12.3. The highest BCUT2D eigenvalue weighted by atomic mass is 32.1. The first kappa shape index (κ1) is 16.6. The van der Waals surface area contributed by atoms with Crippen molar-refractivity contribution in [3.8, 4) is 5.75 Å². The molecule has 1 aromatic carbocycles. The van der Waals surface area contributed by atoms with E-state index < -0.39 is 6.61 Å². The van der Waals surface area contributed by atoms with Crippen LogP contribution in [0.1, 0.15) is 27.7 Å². The van der Waals surface area contributed by atoms with Gasteiger partial charge < -0.3 is 15.4 Å². The summed E-state index contributed by atoms with van der Waals surface area (Å²) in [4.78, 5) is 0. The highest BCUT2D eigenvalue weighted by Gasteiger charge is 2.20. The molecule has 0 amide bonds. The van der Waals surface area contributed by atoms with Gasteiger partial charge in [0.05, 0.1) is 5.69 Å². The molecule has 0 fully saturated rings. The minimum atomic E-state index is -2.87. The fraction of sp³-hybridized carbons (Fsp3) is 0.500. The van der Waals surface area contributed by atoms with Gasteiger partial charge in [0.15, 0.2) is 5.11 Å². The molecule has 0 bridgehead atoms. The lowest BCUT2D eigenvalue weighted by molar-refractivity contribution is -0.0493. The fourth-order valence-corrected chi connectivity index (χ4v) is 1.63. The van der Waals surface area contributed by atoms with Gasteiger partial charge in [0.25, 0.3) is 0 Å². The normalized spacial score (nSPS) is 12.9. The van der Waals surface area contributed by atoms with E-state index in [0.29, 0.717) is 10.8 Å². The Bertz CT molecular complexity index is 461. The highest BCUT2D eigenvalue weighted by Crippen LogP contribution is 2.25. The van der Waals surface area contributed by atoms with E-state index in [4.69, 9.17) is 12.2 Å². The number of halogens is 2. The Kier molecular flexibility index (Phi) is 5.68. The van der Waals surface area contributed by atoms with Crippen molar-refractivity contribution in [2.24, 2.45) is 5.41 Å². The molecule has 0 aliphatic heterocycles. The molecule has 6 heteroatoms. The number of rotatable bonds is 4. The van der Waals surface area contributed by atoms with Gasteiger partial charge >= 0.3 is 6.61 Å². The van der Waals surface area contributed by atoms with Crippen LogP contribution in [0.4, 0.5) is 14.5 Å². The van der Waals surface area contributed by atoms with Crippen LogP contribution in [0.15, 0.2) is 24.3 Å². The molecule has 1 atom stereocenters. The summed E-state index contributed by atoms with van der Waals surface area (Å²) in [5, 5.41) is 6.38. The number of benzene rings is 1. The first-order valence-electron chi connectivity index (χ1n) is 6.31. The van der Waals surface area contributed by atoms with Crippen molar-refractivity contribution in [3.05, 3.63) is 24.3 Å². The molecule has 0 radical (unpaired) electrons. The van der Waals surface area contributed by atoms with Gasteiger partial charge in [-0.05, 0) is 36.7 Å². The quantitative estimate of drug-likeness (QED) is 0.823. The number of hydrogen-bond acceptors (Lipinski definition) is 2. The van der Waals surface area contributed by atoms with E-state index in [-0.39, 0.29) is 17.2 Å². The van der Waals surface area contributed by atoms with E-state index in [0.717, 1.165) is 0 Å². The third kappa shape index (κ3) is 5.28. The van der Waals surface area contributed by atoms with Gasteiger partial charge in [0, 0.05) is 6.04 Å². The maximum absolute atomic E-state index is 12.3. The van der Waals surface area contributed by atoms with Crippen molar-refractivity contribution in [1.82, 2.24) is 5.32 Å². The average molecular weight is 302 g/mol. The summed E-state index contributed by atoms with van der Waals surface area (Å²) < 4.78 is 29.0. The lowest BCUT2D eigenvalue weighted by Gasteiger charge is -2.29. The van der Waals surface area contributed by atoms with Gasteiger partial charge in [-0.15, -0.1) is 0 Å². The average Bonchev–Trinajstić information content (AvgIpc) is 2.29. The molecule has 1 aromatic rings. The maximum Gasteiger partial charge on any atom is 0.387 e. The fourth-order valence-electron chi connectivity index (χ4n) is 1.34. The van der Waals surface area contributed by atoms with Crippen LogP contribution in [-0.2, 0) is 0 Å². The largest absolute Gasteiger partial charge is 0.433 e. The third-order valence-corrected chi connectivity index (χ3v) is 3.22. The zero-order chi connectivity index (χ0) is 15.3. The Morgan fingerprint density at radius 3 is 2.40 bits per heavy atom. The second-order valence-corrected chi connectivity index (χ2v) is 5.97. The molecular formula is C14H20F2N2OS. The van der Waals surface area contributed by atoms with Crippen LogP contribution in [0, 0.1) is 5.41 Å². The minimum absolute atomic E-state index is 0.0325. The first-order valence-corrected chi connectivity index (χ1v) is 6.72. The Morgan fingerprint density at radius 1 is 1.25 bits per heavy atom. The molecule has 0 aliphatic rings. The van der Waals surface area contributed by atoms with Gasteiger partial charge in [-0.2, -0.15) is 8.78 Å². The summed E-state index contributed by atoms with van der Waals surface area (Å²) in [7, 11) is 0. The monoisotopic (exact) mass is 302 g/mol. The standard InChI is InChI=1S/C14H20F2N2OS/c1-9(14(2,3)4)17-13(20)18-10-7-5-6-8-11(10)19-12(15)16/h5-9,12H,1-4H3,(H2,17,18,20)/t9-/m1/s1. The summed E-state index contributed by atoms with van der Waals surface area (Å²) in [5.74, 6) is 0.0649. The number of anilines is 1. The predicted molar refractivity (Wildman–Crippen MR) is 81.3 cm³/mol. The Morgan fingerprint density at radius 2 is 1.85 bits per heavy atom. The number of thiocarbonyl (C=S) groups is 1. The van der Waals surface area contributed by atoms with Gasteiger partial charge in [0.2, 0.25) is 0 Å². The molecule has 0 spiro atoms. The molecule has 0 heterocycles. The van der Waals surface area contributed by atoms with Crippen LogP contribution in [0.5, 0.6) is 5.75 Å². The number of nitrogens with one attached hydrogen (secondary N) is 2. The van der Waals surface area contributed by atoms with E-state index >= 15 is 0 Å². The lowest BCUT2D eigenvalue weighted by Crippen LogP contribution is -2.43. The van der Waals surface area contributed by atoms with E-state index in [1.54, 1.807) is 18.2 Å². The Hall–Kier alpha value is -1.43. The van der Waals surface area contributed by atoms with E-state index in [1.165, 1.54) is 6.07 Å². The molecule has 0 aromatic heterocycles. The summed E-state index contributed by atoms with van der Waals surface area (Å²) in [6.45, 7) is 5.40. The van der Waals surface area contributed by atoms with Crippen molar-refractivity contribution in [2.45, 2.75) is 40.3 Å². The van der Waals surface area contributed by atoms with E-state index in [2.05, 4.69) is 36.1 Å². The summed E-state index contributed by atoms with van der Waals surface area (Å²) >= 11 is 5.19. The molecule has 20 heavy (non-hydrogen) atoms. The van der Waals surface area contributed by atoms with Crippen LogP contribution in [-0.4, -0.2) is 17.8 Å². The molecule has 0 aliphatic carbocycles.